The fourth-order valence-electron chi connectivity index (χ4n) is 0.714. The van der Waals surface area contributed by atoms with Gasteiger partial charge < -0.3 is 0 Å². The molecule has 0 spiro atoms. The molecule has 0 aromatic heterocycles. The summed E-state index contributed by atoms with van der Waals surface area (Å²) in [6, 6.07) is 0. The van der Waals surface area contributed by atoms with Crippen molar-refractivity contribution in [3.05, 3.63) is 36.2 Å². The molecule has 1 aliphatic rings. The van der Waals surface area contributed by atoms with Crippen LogP contribution in [0.1, 0.15) is 6.92 Å². The van der Waals surface area contributed by atoms with Crippen molar-refractivity contribution in [1.29, 1.82) is 0 Å². The Morgan fingerprint density at radius 2 is 2.33 bits per heavy atom. The first-order valence-corrected chi connectivity index (χ1v) is 2.89. The maximum atomic E-state index is 5.52. The average Bonchev–Trinajstić information content (AvgIpc) is 1.89. The summed E-state index contributed by atoms with van der Waals surface area (Å²) in [7, 11) is 0. The summed E-state index contributed by atoms with van der Waals surface area (Å²) in [6.45, 7) is 1.96. The minimum absolute atomic E-state index is 1.03. The standard InChI is InChI=1S/C7H10N2/c1-2-7-5-3-4-6-9(7)8/h2-6H,8H2,1H3. The van der Waals surface area contributed by atoms with Crippen LogP contribution in [0.2, 0.25) is 0 Å². The lowest BCUT2D eigenvalue weighted by Gasteiger charge is -2.16. The molecule has 0 bridgehead atoms. The van der Waals surface area contributed by atoms with Gasteiger partial charge in [-0.05, 0) is 19.1 Å². The second-order valence-corrected chi connectivity index (χ2v) is 1.82. The highest BCUT2D eigenvalue weighted by molar-refractivity contribution is 5.25. The molecule has 0 unspecified atom stereocenters. The molecule has 2 N–H and O–H groups in total. The van der Waals surface area contributed by atoms with Gasteiger partial charge in [0.15, 0.2) is 0 Å². The van der Waals surface area contributed by atoms with Crippen LogP contribution in [0.5, 0.6) is 0 Å². The normalized spacial score (nSPS) is 21.6. The predicted octanol–water partition coefficient (Wildman–Crippen LogP) is 1.15. The maximum absolute atomic E-state index is 5.52. The van der Waals surface area contributed by atoms with Gasteiger partial charge in [-0.1, -0.05) is 12.2 Å². The topological polar surface area (TPSA) is 29.3 Å². The molecule has 2 nitrogen and oxygen atoms in total. The van der Waals surface area contributed by atoms with Gasteiger partial charge in [0.2, 0.25) is 0 Å². The van der Waals surface area contributed by atoms with E-state index >= 15 is 0 Å². The highest BCUT2D eigenvalue weighted by Gasteiger charge is 1.96. The largest absolute Gasteiger partial charge is 0.287 e. The monoisotopic (exact) mass is 122 g/mol. The lowest BCUT2D eigenvalue weighted by atomic mass is 10.3. The highest BCUT2D eigenvalue weighted by Crippen LogP contribution is 2.05. The molecule has 0 fully saturated rings. The Balaban J connectivity index is 2.78. The Labute approximate surface area is 54.9 Å². The number of rotatable bonds is 0. The van der Waals surface area contributed by atoms with E-state index in [2.05, 4.69) is 0 Å². The molecule has 2 heteroatoms. The quantitative estimate of drug-likeness (QED) is 0.488. The Hall–Kier alpha value is -1.02. The molecule has 0 saturated carbocycles. The van der Waals surface area contributed by atoms with E-state index in [1.807, 2.05) is 37.4 Å². The van der Waals surface area contributed by atoms with E-state index in [4.69, 9.17) is 5.84 Å². The van der Waals surface area contributed by atoms with Crippen molar-refractivity contribution >= 4 is 0 Å². The van der Waals surface area contributed by atoms with Crippen molar-refractivity contribution in [2.24, 2.45) is 5.84 Å². The predicted molar refractivity (Wildman–Crippen MR) is 38.1 cm³/mol. The third kappa shape index (κ3) is 1.21. The Morgan fingerprint density at radius 3 is 2.78 bits per heavy atom. The van der Waals surface area contributed by atoms with E-state index in [1.165, 1.54) is 0 Å². The number of nitrogens with zero attached hydrogens (tertiary/aromatic N) is 1. The van der Waals surface area contributed by atoms with E-state index in [0.717, 1.165) is 5.70 Å². The fraction of sp³-hybridized carbons (Fsp3) is 0.143. The summed E-state index contributed by atoms with van der Waals surface area (Å²) in [5.74, 6) is 5.52. The zero-order valence-electron chi connectivity index (χ0n) is 5.41. The molecule has 0 saturated heterocycles. The van der Waals surface area contributed by atoms with Gasteiger partial charge >= 0.3 is 0 Å². The van der Waals surface area contributed by atoms with Crippen molar-refractivity contribution < 1.29 is 0 Å². The number of allylic oxidation sites excluding steroid dienone is 4. The maximum Gasteiger partial charge on any atom is 0.0525 e. The van der Waals surface area contributed by atoms with Crippen LogP contribution in [0.25, 0.3) is 0 Å². The third-order valence-electron chi connectivity index (χ3n) is 1.22. The van der Waals surface area contributed by atoms with Crippen LogP contribution >= 0.6 is 0 Å². The smallest absolute Gasteiger partial charge is 0.0525 e. The van der Waals surface area contributed by atoms with Gasteiger partial charge in [0.05, 0.1) is 5.70 Å². The molecule has 0 amide bonds. The number of hydrogen-bond acceptors (Lipinski definition) is 2. The van der Waals surface area contributed by atoms with Gasteiger partial charge in [-0.3, -0.25) is 5.01 Å². The molecule has 0 aliphatic carbocycles. The molecule has 0 aromatic carbocycles. The second kappa shape index (κ2) is 2.51. The van der Waals surface area contributed by atoms with Gasteiger partial charge in [-0.25, -0.2) is 5.84 Å². The highest BCUT2D eigenvalue weighted by atomic mass is 15.4. The molecule has 48 valence electrons. The van der Waals surface area contributed by atoms with E-state index < -0.39 is 0 Å². The molecule has 0 atom stereocenters. The van der Waals surface area contributed by atoms with Crippen LogP contribution < -0.4 is 5.84 Å². The second-order valence-electron chi connectivity index (χ2n) is 1.82. The zero-order chi connectivity index (χ0) is 6.69. The summed E-state index contributed by atoms with van der Waals surface area (Å²) in [5, 5.41) is 1.58. The minimum Gasteiger partial charge on any atom is -0.287 e. The van der Waals surface area contributed by atoms with E-state index in [9.17, 15) is 0 Å². The van der Waals surface area contributed by atoms with Gasteiger partial charge in [0.25, 0.3) is 0 Å². The zero-order valence-corrected chi connectivity index (χ0v) is 5.41. The summed E-state index contributed by atoms with van der Waals surface area (Å²) in [6.07, 6.45) is 9.58. The van der Waals surface area contributed by atoms with Crippen LogP contribution in [0, 0.1) is 0 Å². The fourth-order valence-corrected chi connectivity index (χ4v) is 0.714. The lowest BCUT2D eigenvalue weighted by molar-refractivity contribution is 0.504. The van der Waals surface area contributed by atoms with Crippen molar-refractivity contribution in [2.45, 2.75) is 6.92 Å². The molecule has 1 heterocycles. The van der Waals surface area contributed by atoms with E-state index in [0.29, 0.717) is 0 Å². The first-order valence-electron chi connectivity index (χ1n) is 2.89. The molecule has 1 rings (SSSR count). The number of hydrazine groups is 1. The lowest BCUT2D eigenvalue weighted by Crippen LogP contribution is -2.24. The summed E-state index contributed by atoms with van der Waals surface area (Å²) < 4.78 is 0. The summed E-state index contributed by atoms with van der Waals surface area (Å²) >= 11 is 0. The van der Waals surface area contributed by atoms with Crippen molar-refractivity contribution in [1.82, 2.24) is 5.01 Å². The molecule has 0 radical (unpaired) electrons. The summed E-state index contributed by atoms with van der Waals surface area (Å²) in [4.78, 5) is 0. The molecule has 0 aromatic rings. The van der Waals surface area contributed by atoms with Crippen molar-refractivity contribution in [3.8, 4) is 0 Å². The number of hydrogen-bond donors (Lipinski definition) is 1. The summed E-state index contributed by atoms with van der Waals surface area (Å²) in [5.41, 5.74) is 1.03. The first kappa shape index (κ1) is 6.11. The van der Waals surface area contributed by atoms with Crippen molar-refractivity contribution in [3.63, 3.8) is 0 Å². The average molecular weight is 122 g/mol. The minimum atomic E-state index is 1.03. The Kier molecular flexibility index (Phi) is 1.70. The molecule has 1 aliphatic heterocycles. The first-order chi connectivity index (χ1) is 4.34. The van der Waals surface area contributed by atoms with Gasteiger partial charge in [0.1, 0.15) is 0 Å². The van der Waals surface area contributed by atoms with Crippen LogP contribution in [0.4, 0.5) is 0 Å². The van der Waals surface area contributed by atoms with Crippen LogP contribution in [0.15, 0.2) is 36.2 Å². The van der Waals surface area contributed by atoms with Gasteiger partial charge in [-0.2, -0.15) is 0 Å². The molecular formula is C7H10N2. The van der Waals surface area contributed by atoms with E-state index in [1.54, 1.807) is 5.01 Å². The van der Waals surface area contributed by atoms with Gasteiger partial charge in [0, 0.05) is 6.20 Å². The number of nitrogens with two attached hydrogens (primary N) is 1. The van der Waals surface area contributed by atoms with Crippen LogP contribution in [-0.2, 0) is 0 Å². The van der Waals surface area contributed by atoms with Crippen molar-refractivity contribution in [2.75, 3.05) is 0 Å². The molecule has 9 heavy (non-hydrogen) atoms. The van der Waals surface area contributed by atoms with Crippen LogP contribution in [0.3, 0.4) is 0 Å². The Bertz CT molecular complexity index is 177. The van der Waals surface area contributed by atoms with E-state index in [-0.39, 0.29) is 0 Å². The van der Waals surface area contributed by atoms with Gasteiger partial charge in [-0.15, -0.1) is 0 Å². The Morgan fingerprint density at radius 1 is 1.56 bits per heavy atom. The van der Waals surface area contributed by atoms with Crippen LogP contribution in [-0.4, -0.2) is 5.01 Å². The molecular weight excluding hydrogens is 112 g/mol. The third-order valence-corrected chi connectivity index (χ3v) is 1.22. The SMILES string of the molecule is CC=C1C=CC=CN1N.